The zero-order chi connectivity index (χ0) is 15.4. The van der Waals surface area contributed by atoms with Crippen molar-refractivity contribution in [1.29, 1.82) is 0 Å². The molecule has 6 heteroatoms. The molecule has 0 bridgehead atoms. The zero-order valence-corrected chi connectivity index (χ0v) is 13.9. The molecule has 2 aliphatic rings. The first-order valence-corrected chi connectivity index (χ1v) is 8.37. The molecule has 2 saturated heterocycles. The molecule has 2 fully saturated rings. The fourth-order valence-electron chi connectivity index (χ4n) is 3.07. The first-order valence-electron chi connectivity index (χ1n) is 8.37. The Balaban J connectivity index is 1.39. The van der Waals surface area contributed by atoms with E-state index in [4.69, 9.17) is 0 Å². The molecule has 0 amide bonds. The van der Waals surface area contributed by atoms with Crippen LogP contribution in [-0.2, 0) is 0 Å². The molecule has 2 aliphatic heterocycles. The second kappa shape index (κ2) is 7.35. The topological polar surface area (TPSA) is 38.7 Å². The third-order valence-electron chi connectivity index (χ3n) is 4.75. The summed E-state index contributed by atoms with van der Waals surface area (Å²) in [5.41, 5.74) is 1.12. The first kappa shape index (κ1) is 15.6. The van der Waals surface area contributed by atoms with E-state index in [1.165, 1.54) is 39.3 Å². The standard InChI is InChI=1S/C16H28N6/c1-15-13-17-16(18-14-15)22-11-9-21(10-12-22)8-7-20-5-3-19(2)4-6-20/h13-14H,3-12H2,1-2H3. The lowest BCUT2D eigenvalue weighted by Crippen LogP contribution is -2.51. The molecule has 1 aromatic rings. The van der Waals surface area contributed by atoms with Gasteiger partial charge in [-0.05, 0) is 19.5 Å². The van der Waals surface area contributed by atoms with E-state index in [2.05, 4.69) is 36.6 Å². The van der Waals surface area contributed by atoms with Gasteiger partial charge < -0.3 is 9.80 Å². The summed E-state index contributed by atoms with van der Waals surface area (Å²) in [4.78, 5) is 18.7. The summed E-state index contributed by atoms with van der Waals surface area (Å²) >= 11 is 0. The van der Waals surface area contributed by atoms with Crippen molar-refractivity contribution in [3.8, 4) is 0 Å². The first-order chi connectivity index (χ1) is 10.7. The summed E-state index contributed by atoms with van der Waals surface area (Å²) in [7, 11) is 2.21. The average Bonchev–Trinajstić information content (AvgIpc) is 2.56. The highest BCUT2D eigenvalue weighted by Crippen LogP contribution is 2.10. The fourth-order valence-corrected chi connectivity index (χ4v) is 3.07. The SMILES string of the molecule is Cc1cnc(N2CCN(CCN3CCN(C)CC3)CC2)nc1. The van der Waals surface area contributed by atoms with E-state index in [9.17, 15) is 0 Å². The Labute approximate surface area is 133 Å². The highest BCUT2D eigenvalue weighted by molar-refractivity contribution is 5.30. The molecule has 0 N–H and O–H groups in total. The van der Waals surface area contributed by atoms with Crippen molar-refractivity contribution < 1.29 is 0 Å². The number of hydrogen-bond donors (Lipinski definition) is 0. The van der Waals surface area contributed by atoms with Gasteiger partial charge in [-0.15, -0.1) is 0 Å². The minimum absolute atomic E-state index is 0.879. The molecule has 22 heavy (non-hydrogen) atoms. The van der Waals surface area contributed by atoms with E-state index in [-0.39, 0.29) is 0 Å². The summed E-state index contributed by atoms with van der Waals surface area (Å²) in [5, 5.41) is 0. The fraction of sp³-hybridized carbons (Fsp3) is 0.750. The Kier molecular flexibility index (Phi) is 5.23. The number of rotatable bonds is 4. The Bertz CT molecular complexity index is 446. The van der Waals surface area contributed by atoms with Crippen molar-refractivity contribution in [2.24, 2.45) is 0 Å². The highest BCUT2D eigenvalue weighted by Gasteiger charge is 2.20. The third kappa shape index (κ3) is 4.15. The van der Waals surface area contributed by atoms with Gasteiger partial charge in [-0.25, -0.2) is 9.97 Å². The lowest BCUT2D eigenvalue weighted by molar-refractivity contribution is 0.133. The van der Waals surface area contributed by atoms with Crippen molar-refractivity contribution in [2.45, 2.75) is 6.92 Å². The molecule has 0 spiro atoms. The van der Waals surface area contributed by atoms with Crippen LogP contribution in [0.5, 0.6) is 0 Å². The summed E-state index contributed by atoms with van der Waals surface area (Å²) in [5.74, 6) is 0.879. The predicted octanol–water partition coefficient (Wildman–Crippen LogP) is 0.154. The van der Waals surface area contributed by atoms with Crippen LogP contribution in [0.15, 0.2) is 12.4 Å². The van der Waals surface area contributed by atoms with Crippen LogP contribution in [-0.4, -0.2) is 97.2 Å². The van der Waals surface area contributed by atoms with Crippen molar-refractivity contribution in [2.75, 3.05) is 77.4 Å². The van der Waals surface area contributed by atoms with E-state index in [1.54, 1.807) is 0 Å². The summed E-state index contributed by atoms with van der Waals surface area (Å²) in [6, 6.07) is 0. The van der Waals surface area contributed by atoms with Crippen LogP contribution >= 0.6 is 0 Å². The highest BCUT2D eigenvalue weighted by atomic mass is 15.3. The molecule has 1 aromatic heterocycles. The van der Waals surface area contributed by atoms with Gasteiger partial charge in [-0.2, -0.15) is 0 Å². The van der Waals surface area contributed by atoms with Gasteiger partial charge in [-0.1, -0.05) is 0 Å². The van der Waals surface area contributed by atoms with Gasteiger partial charge in [0.05, 0.1) is 0 Å². The molecule has 0 aromatic carbocycles. The largest absolute Gasteiger partial charge is 0.338 e. The molecular weight excluding hydrogens is 276 g/mol. The molecular formula is C16H28N6. The minimum Gasteiger partial charge on any atom is -0.338 e. The second-order valence-electron chi connectivity index (χ2n) is 6.53. The molecule has 6 nitrogen and oxygen atoms in total. The van der Waals surface area contributed by atoms with Crippen molar-refractivity contribution in [3.63, 3.8) is 0 Å². The van der Waals surface area contributed by atoms with Gasteiger partial charge in [0.15, 0.2) is 0 Å². The normalized spacial score (nSPS) is 22.2. The maximum Gasteiger partial charge on any atom is 0.225 e. The van der Waals surface area contributed by atoms with Crippen LogP contribution in [0, 0.1) is 6.92 Å². The van der Waals surface area contributed by atoms with Gasteiger partial charge >= 0.3 is 0 Å². The Morgan fingerprint density at radius 2 is 1.32 bits per heavy atom. The van der Waals surface area contributed by atoms with Crippen molar-refractivity contribution in [1.82, 2.24) is 24.7 Å². The molecule has 0 unspecified atom stereocenters. The Morgan fingerprint density at radius 1 is 0.818 bits per heavy atom. The summed E-state index contributed by atoms with van der Waals surface area (Å²) in [6.45, 7) is 13.6. The second-order valence-corrected chi connectivity index (χ2v) is 6.53. The lowest BCUT2D eigenvalue weighted by atomic mass is 10.3. The van der Waals surface area contributed by atoms with Crippen LogP contribution in [0.2, 0.25) is 0 Å². The van der Waals surface area contributed by atoms with Gasteiger partial charge in [0.25, 0.3) is 0 Å². The van der Waals surface area contributed by atoms with E-state index in [0.29, 0.717) is 0 Å². The van der Waals surface area contributed by atoms with Crippen LogP contribution in [0.3, 0.4) is 0 Å². The number of piperazine rings is 2. The smallest absolute Gasteiger partial charge is 0.225 e. The Morgan fingerprint density at radius 3 is 1.86 bits per heavy atom. The molecule has 3 heterocycles. The van der Waals surface area contributed by atoms with E-state index in [1.807, 2.05) is 19.3 Å². The van der Waals surface area contributed by atoms with Crippen molar-refractivity contribution >= 4 is 5.95 Å². The van der Waals surface area contributed by atoms with Gasteiger partial charge in [-0.3, -0.25) is 9.80 Å². The monoisotopic (exact) mass is 304 g/mol. The van der Waals surface area contributed by atoms with E-state index in [0.717, 1.165) is 37.7 Å². The van der Waals surface area contributed by atoms with Crippen LogP contribution in [0.4, 0.5) is 5.95 Å². The quantitative estimate of drug-likeness (QED) is 0.789. The number of anilines is 1. The molecule has 0 aliphatic carbocycles. The minimum atomic E-state index is 0.879. The van der Waals surface area contributed by atoms with Gasteiger partial charge in [0.2, 0.25) is 5.95 Å². The average molecular weight is 304 g/mol. The molecule has 3 rings (SSSR count). The molecule has 122 valence electrons. The number of hydrogen-bond acceptors (Lipinski definition) is 6. The number of nitrogens with zero attached hydrogens (tertiary/aromatic N) is 6. The summed E-state index contributed by atoms with van der Waals surface area (Å²) in [6.07, 6.45) is 3.81. The number of aryl methyl sites for hydroxylation is 1. The van der Waals surface area contributed by atoms with E-state index < -0.39 is 0 Å². The number of likely N-dealkylation sites (N-methyl/N-ethyl adjacent to an activating group) is 1. The van der Waals surface area contributed by atoms with E-state index >= 15 is 0 Å². The van der Waals surface area contributed by atoms with Gasteiger partial charge in [0, 0.05) is 77.8 Å². The van der Waals surface area contributed by atoms with Crippen LogP contribution < -0.4 is 4.90 Å². The summed E-state index contributed by atoms with van der Waals surface area (Å²) < 4.78 is 0. The molecule has 0 radical (unpaired) electrons. The predicted molar refractivity (Wildman–Crippen MR) is 89.4 cm³/mol. The van der Waals surface area contributed by atoms with Gasteiger partial charge in [0.1, 0.15) is 0 Å². The zero-order valence-electron chi connectivity index (χ0n) is 13.9. The van der Waals surface area contributed by atoms with Crippen molar-refractivity contribution in [3.05, 3.63) is 18.0 Å². The molecule has 0 saturated carbocycles. The lowest BCUT2D eigenvalue weighted by Gasteiger charge is -2.37. The Hall–Kier alpha value is -1.24. The maximum absolute atomic E-state index is 4.44. The maximum atomic E-state index is 4.44. The van der Waals surface area contributed by atoms with Crippen LogP contribution in [0.25, 0.3) is 0 Å². The number of aromatic nitrogens is 2. The molecule has 0 atom stereocenters. The van der Waals surface area contributed by atoms with Crippen LogP contribution in [0.1, 0.15) is 5.56 Å². The third-order valence-corrected chi connectivity index (χ3v) is 4.75.